The van der Waals surface area contributed by atoms with Gasteiger partial charge in [-0.1, -0.05) is 54.2 Å². The Morgan fingerprint density at radius 1 is 1.06 bits per heavy atom. The van der Waals surface area contributed by atoms with E-state index in [4.69, 9.17) is 14.4 Å². The standard InChI is InChI=1S/C25H20N6OS2/c1-2-6-16(7-3-1)12-30-11-10-17-20(13-30)34-24-22(17)23-28-21(29-31(23)15-26-24)14-33-25-27-18-8-4-5-9-19(18)32-25/h1-9,15H,10-14H2/p+1. The zero-order valence-electron chi connectivity index (χ0n) is 18.3. The van der Waals surface area contributed by atoms with Crippen molar-refractivity contribution in [3.63, 3.8) is 0 Å². The van der Waals surface area contributed by atoms with Gasteiger partial charge in [-0.05, 0) is 17.7 Å². The number of fused-ring (bicyclic) bond motifs is 6. The molecule has 168 valence electrons. The Balaban J connectivity index is 1.16. The first-order valence-electron chi connectivity index (χ1n) is 11.3. The van der Waals surface area contributed by atoms with Crippen LogP contribution in [0.25, 0.3) is 27.0 Å². The summed E-state index contributed by atoms with van der Waals surface area (Å²) in [4.78, 5) is 18.2. The second kappa shape index (κ2) is 8.19. The molecule has 0 amide bonds. The summed E-state index contributed by atoms with van der Waals surface area (Å²) in [5.41, 5.74) is 5.36. The summed E-state index contributed by atoms with van der Waals surface area (Å²) in [6.07, 6.45) is 2.83. The molecule has 0 saturated carbocycles. The van der Waals surface area contributed by atoms with E-state index in [1.807, 2.05) is 40.1 Å². The van der Waals surface area contributed by atoms with Gasteiger partial charge in [0.2, 0.25) is 0 Å². The Kier molecular flexibility index (Phi) is 4.85. The van der Waals surface area contributed by atoms with E-state index in [9.17, 15) is 0 Å². The van der Waals surface area contributed by atoms with E-state index in [2.05, 4.69) is 40.4 Å². The SMILES string of the molecule is c1ccc(C[NH+]2CCc3c(sc4ncn5nc(CSc6nc7ccccc7o6)nc5c34)C2)cc1. The van der Waals surface area contributed by atoms with Crippen molar-refractivity contribution < 1.29 is 9.32 Å². The lowest BCUT2D eigenvalue weighted by Gasteiger charge is -2.24. The summed E-state index contributed by atoms with van der Waals surface area (Å²) in [5, 5.41) is 6.49. The lowest BCUT2D eigenvalue weighted by Crippen LogP contribution is -3.10. The monoisotopic (exact) mass is 485 g/mol. The van der Waals surface area contributed by atoms with Crippen LogP contribution < -0.4 is 4.90 Å². The largest absolute Gasteiger partial charge is 0.431 e. The molecule has 0 spiro atoms. The summed E-state index contributed by atoms with van der Waals surface area (Å²) >= 11 is 3.32. The quantitative estimate of drug-likeness (QED) is 0.373. The van der Waals surface area contributed by atoms with Gasteiger partial charge in [-0.3, -0.25) is 0 Å². The maximum atomic E-state index is 5.83. The molecule has 6 aromatic rings. The third-order valence-electron chi connectivity index (χ3n) is 6.29. The molecule has 0 radical (unpaired) electrons. The predicted molar refractivity (Wildman–Crippen MR) is 133 cm³/mol. The molecular weight excluding hydrogens is 464 g/mol. The number of benzene rings is 2. The number of thiophene rings is 1. The number of thioether (sulfide) groups is 1. The minimum Gasteiger partial charge on any atom is -0.431 e. The second-order valence-electron chi connectivity index (χ2n) is 8.55. The summed E-state index contributed by atoms with van der Waals surface area (Å²) in [6, 6.07) is 18.6. The van der Waals surface area contributed by atoms with Gasteiger partial charge < -0.3 is 9.32 Å². The molecule has 9 heteroatoms. The number of nitrogens with zero attached hydrogens (tertiary/aromatic N) is 5. The van der Waals surface area contributed by atoms with Crippen molar-refractivity contribution >= 4 is 50.1 Å². The Bertz CT molecular complexity index is 1600. The van der Waals surface area contributed by atoms with Crippen LogP contribution in [0.2, 0.25) is 0 Å². The molecule has 5 heterocycles. The van der Waals surface area contributed by atoms with Gasteiger partial charge in [0.25, 0.3) is 5.22 Å². The number of hydrogen-bond donors (Lipinski definition) is 1. The van der Waals surface area contributed by atoms with Crippen molar-refractivity contribution in [3.8, 4) is 0 Å². The summed E-state index contributed by atoms with van der Waals surface area (Å²) < 4.78 is 7.65. The van der Waals surface area contributed by atoms with Crippen LogP contribution in [0.5, 0.6) is 0 Å². The molecule has 0 aliphatic carbocycles. The lowest BCUT2D eigenvalue weighted by atomic mass is 10.0. The highest BCUT2D eigenvalue weighted by molar-refractivity contribution is 7.98. The van der Waals surface area contributed by atoms with E-state index in [0.717, 1.165) is 53.5 Å². The van der Waals surface area contributed by atoms with Gasteiger partial charge in [0, 0.05) is 12.0 Å². The molecule has 7 nitrogen and oxygen atoms in total. The van der Waals surface area contributed by atoms with Crippen molar-refractivity contribution in [1.29, 1.82) is 0 Å². The maximum Gasteiger partial charge on any atom is 0.257 e. The second-order valence-corrected chi connectivity index (χ2v) is 10.6. The van der Waals surface area contributed by atoms with Crippen LogP contribution in [0.15, 0.2) is 70.6 Å². The Hall–Kier alpha value is -3.27. The van der Waals surface area contributed by atoms with Gasteiger partial charge in [-0.2, -0.15) is 0 Å². The van der Waals surface area contributed by atoms with E-state index in [-0.39, 0.29) is 0 Å². The van der Waals surface area contributed by atoms with Crippen LogP contribution in [0.1, 0.15) is 21.8 Å². The first-order chi connectivity index (χ1) is 16.8. The van der Waals surface area contributed by atoms with Crippen LogP contribution >= 0.6 is 23.1 Å². The number of hydrogen-bond acceptors (Lipinski definition) is 7. The average molecular weight is 486 g/mol. The molecule has 7 rings (SSSR count). The molecular formula is C25H21N6OS2+. The molecule has 1 aliphatic rings. The minimum absolute atomic E-state index is 0.595. The number of aromatic nitrogens is 5. The zero-order chi connectivity index (χ0) is 22.5. The van der Waals surface area contributed by atoms with Crippen LogP contribution in [-0.4, -0.2) is 31.1 Å². The van der Waals surface area contributed by atoms with Crippen molar-refractivity contribution in [2.24, 2.45) is 0 Å². The highest BCUT2D eigenvalue weighted by Gasteiger charge is 2.26. The lowest BCUT2D eigenvalue weighted by molar-refractivity contribution is -0.929. The smallest absolute Gasteiger partial charge is 0.257 e. The first kappa shape index (κ1) is 20.1. The molecule has 1 atom stereocenters. The third-order valence-corrected chi connectivity index (χ3v) is 8.25. The Morgan fingerprint density at radius 2 is 1.94 bits per heavy atom. The number of quaternary nitrogens is 1. The van der Waals surface area contributed by atoms with Crippen LogP contribution in [-0.2, 0) is 25.3 Å². The van der Waals surface area contributed by atoms with Crippen molar-refractivity contribution in [2.45, 2.75) is 30.5 Å². The molecule has 1 aliphatic heterocycles. The van der Waals surface area contributed by atoms with Gasteiger partial charge in [0.15, 0.2) is 17.1 Å². The fourth-order valence-electron chi connectivity index (χ4n) is 4.71. The van der Waals surface area contributed by atoms with Crippen molar-refractivity contribution in [3.05, 3.63) is 82.8 Å². The van der Waals surface area contributed by atoms with E-state index in [1.165, 1.54) is 33.2 Å². The summed E-state index contributed by atoms with van der Waals surface area (Å²) in [5.74, 6) is 1.35. The summed E-state index contributed by atoms with van der Waals surface area (Å²) in [7, 11) is 0. The molecule has 1 unspecified atom stereocenters. The van der Waals surface area contributed by atoms with Crippen LogP contribution in [0, 0.1) is 0 Å². The number of rotatable bonds is 5. The normalized spacial score (nSPS) is 15.9. The Morgan fingerprint density at radius 3 is 2.85 bits per heavy atom. The molecule has 0 saturated heterocycles. The Labute approximate surface area is 203 Å². The highest BCUT2D eigenvalue weighted by Crippen LogP contribution is 2.34. The highest BCUT2D eigenvalue weighted by atomic mass is 32.2. The predicted octanol–water partition coefficient (Wildman–Crippen LogP) is 3.91. The van der Waals surface area contributed by atoms with E-state index in [1.54, 1.807) is 11.2 Å². The molecule has 2 aromatic carbocycles. The zero-order valence-corrected chi connectivity index (χ0v) is 19.9. The van der Waals surface area contributed by atoms with Gasteiger partial charge in [-0.25, -0.2) is 19.5 Å². The van der Waals surface area contributed by atoms with E-state index >= 15 is 0 Å². The molecule has 4 aromatic heterocycles. The number of nitrogens with one attached hydrogen (secondary N) is 1. The van der Waals surface area contributed by atoms with Gasteiger partial charge >= 0.3 is 0 Å². The molecule has 34 heavy (non-hydrogen) atoms. The summed E-state index contributed by atoms with van der Waals surface area (Å²) in [6.45, 7) is 3.20. The van der Waals surface area contributed by atoms with Crippen molar-refractivity contribution in [1.82, 2.24) is 24.6 Å². The van der Waals surface area contributed by atoms with Gasteiger partial charge in [0.05, 0.1) is 22.6 Å². The topological polar surface area (TPSA) is 73.6 Å². The molecule has 0 bridgehead atoms. The minimum atomic E-state index is 0.595. The third kappa shape index (κ3) is 3.56. The number of para-hydroxylation sites is 2. The van der Waals surface area contributed by atoms with E-state index < -0.39 is 0 Å². The number of oxazole rings is 1. The van der Waals surface area contributed by atoms with Crippen LogP contribution in [0.3, 0.4) is 0 Å². The van der Waals surface area contributed by atoms with Gasteiger partial charge in [0.1, 0.15) is 29.8 Å². The van der Waals surface area contributed by atoms with Crippen molar-refractivity contribution in [2.75, 3.05) is 6.54 Å². The van der Waals surface area contributed by atoms with Crippen LogP contribution in [0.4, 0.5) is 0 Å². The fraction of sp³-hybridized carbons (Fsp3) is 0.200. The maximum absolute atomic E-state index is 5.83. The van der Waals surface area contributed by atoms with E-state index in [0.29, 0.717) is 11.0 Å². The molecule has 1 N–H and O–H groups in total. The fourth-order valence-corrected chi connectivity index (χ4v) is 6.64. The molecule has 0 fully saturated rings. The average Bonchev–Trinajstić information content (AvgIpc) is 3.56. The van der Waals surface area contributed by atoms with Gasteiger partial charge in [-0.15, -0.1) is 16.4 Å². The first-order valence-corrected chi connectivity index (χ1v) is 13.1.